The number of rotatable bonds is 5. The molecule has 2 N–H and O–H groups in total. The molecule has 0 aromatic heterocycles. The van der Waals surface area contributed by atoms with Crippen molar-refractivity contribution in [3.63, 3.8) is 0 Å². The van der Waals surface area contributed by atoms with Crippen molar-refractivity contribution in [2.75, 3.05) is 13.7 Å². The number of halogens is 1. The molecule has 3 nitrogen and oxygen atoms in total. The van der Waals surface area contributed by atoms with E-state index in [-0.39, 0.29) is 11.6 Å². The maximum absolute atomic E-state index is 14.0. The van der Waals surface area contributed by atoms with Crippen LogP contribution >= 0.6 is 0 Å². The fraction of sp³-hybridized carbons (Fsp3) is 0.625. The lowest BCUT2D eigenvalue weighted by Gasteiger charge is -2.35. The van der Waals surface area contributed by atoms with E-state index in [4.69, 9.17) is 4.74 Å². The van der Waals surface area contributed by atoms with Crippen molar-refractivity contribution in [3.8, 4) is 5.75 Å². The van der Waals surface area contributed by atoms with E-state index < -0.39 is 5.60 Å². The van der Waals surface area contributed by atoms with Gasteiger partial charge in [-0.15, -0.1) is 0 Å². The molecule has 1 aromatic carbocycles. The normalized spacial score (nSPS) is 26.5. The van der Waals surface area contributed by atoms with Crippen LogP contribution < -0.4 is 10.1 Å². The minimum atomic E-state index is -0.637. The number of methoxy groups -OCH3 is 1. The Bertz CT molecular complexity index is 442. The number of benzene rings is 1. The first-order valence-electron chi connectivity index (χ1n) is 7.28. The van der Waals surface area contributed by atoms with E-state index in [1.165, 1.54) is 7.11 Å². The third-order valence-corrected chi connectivity index (χ3v) is 4.24. The van der Waals surface area contributed by atoms with Gasteiger partial charge in [0.15, 0.2) is 11.6 Å². The van der Waals surface area contributed by atoms with E-state index in [9.17, 15) is 9.50 Å². The summed E-state index contributed by atoms with van der Waals surface area (Å²) in [6, 6.07) is 5.11. The summed E-state index contributed by atoms with van der Waals surface area (Å²) >= 11 is 0. The second-order valence-electron chi connectivity index (χ2n) is 5.94. The van der Waals surface area contributed by atoms with Crippen molar-refractivity contribution in [3.05, 3.63) is 29.6 Å². The molecule has 0 amide bonds. The van der Waals surface area contributed by atoms with Crippen molar-refractivity contribution in [1.82, 2.24) is 5.32 Å². The number of aliphatic hydroxyl groups is 1. The monoisotopic (exact) mass is 281 g/mol. The topological polar surface area (TPSA) is 41.5 Å². The Morgan fingerprint density at radius 2 is 2.10 bits per heavy atom. The minimum absolute atomic E-state index is 0.259. The van der Waals surface area contributed by atoms with E-state index in [1.807, 2.05) is 0 Å². The first kappa shape index (κ1) is 15.3. The highest BCUT2D eigenvalue weighted by atomic mass is 19.1. The van der Waals surface area contributed by atoms with Crippen LogP contribution in [0.5, 0.6) is 5.75 Å². The average Bonchev–Trinajstić information content (AvgIpc) is 2.44. The molecule has 0 bridgehead atoms. The maximum atomic E-state index is 14.0. The molecule has 112 valence electrons. The van der Waals surface area contributed by atoms with E-state index >= 15 is 0 Å². The molecule has 0 saturated heterocycles. The fourth-order valence-corrected chi connectivity index (χ4v) is 2.76. The molecule has 0 radical (unpaired) electrons. The summed E-state index contributed by atoms with van der Waals surface area (Å²) in [4.78, 5) is 0. The Labute approximate surface area is 120 Å². The minimum Gasteiger partial charge on any atom is -0.494 e. The Morgan fingerprint density at radius 1 is 1.40 bits per heavy atom. The number of nitrogens with one attached hydrogen (secondary N) is 1. The Kier molecular flexibility index (Phi) is 5.00. The van der Waals surface area contributed by atoms with Crippen LogP contribution in [-0.2, 0) is 6.54 Å². The SMILES string of the molecule is COc1cccc(CNCC2(O)CCC(C)CC2)c1F. The fourth-order valence-electron chi connectivity index (χ4n) is 2.76. The largest absolute Gasteiger partial charge is 0.494 e. The predicted molar refractivity (Wildman–Crippen MR) is 77.2 cm³/mol. The molecule has 1 aromatic rings. The number of ether oxygens (including phenoxy) is 1. The van der Waals surface area contributed by atoms with Crippen molar-refractivity contribution >= 4 is 0 Å². The van der Waals surface area contributed by atoms with Gasteiger partial charge in [0, 0.05) is 18.7 Å². The lowest BCUT2D eigenvalue weighted by atomic mass is 9.79. The van der Waals surface area contributed by atoms with Crippen molar-refractivity contribution < 1.29 is 14.2 Å². The van der Waals surface area contributed by atoms with Crippen LogP contribution in [0.2, 0.25) is 0 Å². The molecule has 1 fully saturated rings. The van der Waals surface area contributed by atoms with Gasteiger partial charge in [-0.1, -0.05) is 19.1 Å². The zero-order valence-electron chi connectivity index (χ0n) is 12.3. The van der Waals surface area contributed by atoms with E-state index in [2.05, 4.69) is 12.2 Å². The van der Waals surface area contributed by atoms with E-state index in [0.29, 0.717) is 24.6 Å². The van der Waals surface area contributed by atoms with Gasteiger partial charge >= 0.3 is 0 Å². The zero-order valence-corrected chi connectivity index (χ0v) is 12.3. The van der Waals surface area contributed by atoms with E-state index in [0.717, 1.165) is 25.7 Å². The van der Waals surface area contributed by atoms with Gasteiger partial charge in [-0.2, -0.15) is 0 Å². The number of hydrogen-bond donors (Lipinski definition) is 2. The van der Waals surface area contributed by atoms with Gasteiger partial charge in [-0.25, -0.2) is 4.39 Å². The average molecular weight is 281 g/mol. The lowest BCUT2D eigenvalue weighted by Crippen LogP contribution is -2.43. The van der Waals surface area contributed by atoms with Crippen LogP contribution in [0.4, 0.5) is 4.39 Å². The summed E-state index contributed by atoms with van der Waals surface area (Å²) < 4.78 is 18.9. The molecule has 0 heterocycles. The Hall–Kier alpha value is -1.13. The van der Waals surface area contributed by atoms with Crippen molar-refractivity contribution in [2.45, 2.75) is 44.8 Å². The molecule has 4 heteroatoms. The standard InChI is InChI=1S/C16H24FNO2/c1-12-6-8-16(19,9-7-12)11-18-10-13-4-3-5-14(20-2)15(13)17/h3-5,12,18-19H,6-11H2,1-2H3. The van der Waals surface area contributed by atoms with Gasteiger partial charge in [0.1, 0.15) is 0 Å². The molecule has 1 saturated carbocycles. The molecule has 2 rings (SSSR count). The van der Waals surface area contributed by atoms with Crippen LogP contribution in [-0.4, -0.2) is 24.4 Å². The summed E-state index contributed by atoms with van der Waals surface area (Å²) in [5.74, 6) is 0.632. The quantitative estimate of drug-likeness (QED) is 0.872. The third-order valence-electron chi connectivity index (χ3n) is 4.24. The van der Waals surface area contributed by atoms with Crippen LogP contribution in [0.25, 0.3) is 0 Å². The molecule has 0 unspecified atom stereocenters. The molecule has 1 aliphatic carbocycles. The van der Waals surface area contributed by atoms with Crippen LogP contribution in [0, 0.1) is 11.7 Å². The predicted octanol–water partition coefficient (Wildman–Crippen LogP) is 2.87. The van der Waals surface area contributed by atoms with Crippen LogP contribution in [0.3, 0.4) is 0 Å². The summed E-state index contributed by atoms with van der Waals surface area (Å²) in [6.07, 6.45) is 3.76. The highest BCUT2D eigenvalue weighted by Gasteiger charge is 2.31. The smallest absolute Gasteiger partial charge is 0.169 e. The second kappa shape index (κ2) is 6.55. The molecule has 20 heavy (non-hydrogen) atoms. The summed E-state index contributed by atoms with van der Waals surface area (Å²) in [7, 11) is 1.46. The zero-order chi connectivity index (χ0) is 14.6. The summed E-state index contributed by atoms with van der Waals surface area (Å²) in [6.45, 7) is 3.13. The highest BCUT2D eigenvalue weighted by molar-refractivity contribution is 5.30. The van der Waals surface area contributed by atoms with Crippen molar-refractivity contribution in [1.29, 1.82) is 0 Å². The summed E-state index contributed by atoms with van der Waals surface area (Å²) in [5, 5.41) is 13.6. The molecule has 1 aliphatic rings. The second-order valence-corrected chi connectivity index (χ2v) is 5.94. The molecule has 0 atom stereocenters. The number of hydrogen-bond acceptors (Lipinski definition) is 3. The highest BCUT2D eigenvalue weighted by Crippen LogP contribution is 2.31. The lowest BCUT2D eigenvalue weighted by molar-refractivity contribution is -0.00635. The van der Waals surface area contributed by atoms with Crippen LogP contribution in [0.15, 0.2) is 18.2 Å². The molecule has 0 spiro atoms. The first-order valence-corrected chi connectivity index (χ1v) is 7.28. The Balaban J connectivity index is 1.87. The molecule has 0 aliphatic heterocycles. The van der Waals surface area contributed by atoms with Gasteiger partial charge in [0.05, 0.1) is 12.7 Å². The van der Waals surface area contributed by atoms with Crippen LogP contribution in [0.1, 0.15) is 38.2 Å². The Morgan fingerprint density at radius 3 is 2.75 bits per heavy atom. The van der Waals surface area contributed by atoms with Gasteiger partial charge in [0.25, 0.3) is 0 Å². The third kappa shape index (κ3) is 3.70. The van der Waals surface area contributed by atoms with E-state index in [1.54, 1.807) is 18.2 Å². The van der Waals surface area contributed by atoms with Gasteiger partial charge in [-0.05, 0) is 37.7 Å². The molecular weight excluding hydrogens is 257 g/mol. The maximum Gasteiger partial charge on any atom is 0.169 e. The molecular formula is C16H24FNO2. The van der Waals surface area contributed by atoms with Crippen molar-refractivity contribution in [2.24, 2.45) is 5.92 Å². The summed E-state index contributed by atoms with van der Waals surface area (Å²) in [5.41, 5.74) is -0.0703. The van der Waals surface area contributed by atoms with Gasteiger partial charge < -0.3 is 15.2 Å². The van der Waals surface area contributed by atoms with Gasteiger partial charge in [0.2, 0.25) is 0 Å². The van der Waals surface area contributed by atoms with Gasteiger partial charge in [-0.3, -0.25) is 0 Å². The first-order chi connectivity index (χ1) is 9.54.